The predicted octanol–water partition coefficient (Wildman–Crippen LogP) is 2.13. The lowest BCUT2D eigenvalue weighted by Gasteiger charge is -2.32. The minimum absolute atomic E-state index is 0.131. The number of ether oxygens (including phenoxy) is 4. The number of alkyl halides is 2. The Bertz CT molecular complexity index is 524. The van der Waals surface area contributed by atoms with Gasteiger partial charge >= 0.3 is 12.0 Å². The molecule has 6 nitrogen and oxygen atoms in total. The average Bonchev–Trinajstić information content (AvgIpc) is 2.48. The van der Waals surface area contributed by atoms with Gasteiger partial charge in [-0.05, 0) is 17.7 Å². The van der Waals surface area contributed by atoms with Crippen LogP contribution < -0.4 is 19.5 Å². The topological polar surface area (TPSA) is 66.0 Å². The van der Waals surface area contributed by atoms with Crippen molar-refractivity contribution in [3.63, 3.8) is 0 Å². The summed E-state index contributed by atoms with van der Waals surface area (Å²) < 4.78 is 47.5. The van der Waals surface area contributed by atoms with Crippen molar-refractivity contribution < 1.29 is 32.5 Å². The molecule has 0 bridgehead atoms. The zero-order valence-corrected chi connectivity index (χ0v) is 11.7. The van der Waals surface area contributed by atoms with Crippen LogP contribution in [0, 0.1) is 0 Å². The Balaban J connectivity index is 2.50. The average molecular weight is 303 g/mol. The fraction of sp³-hybridized carbons (Fsp3) is 0.462. The molecule has 21 heavy (non-hydrogen) atoms. The van der Waals surface area contributed by atoms with Crippen molar-refractivity contribution in [3.8, 4) is 17.2 Å². The fourth-order valence-corrected chi connectivity index (χ4v) is 2.11. The third-order valence-electron chi connectivity index (χ3n) is 3.10. The molecule has 1 amide bonds. The second-order valence-corrected chi connectivity index (χ2v) is 4.37. The van der Waals surface area contributed by atoms with Crippen LogP contribution in [0.15, 0.2) is 12.1 Å². The number of hydrogen-bond acceptors (Lipinski definition) is 5. The van der Waals surface area contributed by atoms with E-state index >= 15 is 0 Å². The summed E-state index contributed by atoms with van der Waals surface area (Å²) in [5.74, 6) is -2.52. The highest BCUT2D eigenvalue weighted by Crippen LogP contribution is 2.43. The van der Waals surface area contributed by atoms with E-state index in [0.717, 1.165) is 0 Å². The predicted molar refractivity (Wildman–Crippen MR) is 68.3 cm³/mol. The number of carbonyl (C=O) groups excluding carboxylic acids is 1. The molecule has 1 N–H and O–H groups in total. The van der Waals surface area contributed by atoms with Gasteiger partial charge in [0.1, 0.15) is 6.04 Å². The van der Waals surface area contributed by atoms with Crippen LogP contribution in [0.4, 0.5) is 13.6 Å². The van der Waals surface area contributed by atoms with E-state index in [9.17, 15) is 13.6 Å². The number of alkyl carbamates (subject to hydrolysis) is 1. The van der Waals surface area contributed by atoms with Crippen LogP contribution in [0.25, 0.3) is 0 Å². The lowest BCUT2D eigenvalue weighted by Crippen LogP contribution is -2.49. The number of halogens is 2. The number of amides is 1. The lowest BCUT2D eigenvalue weighted by molar-refractivity contribution is -0.104. The molecule has 8 heteroatoms. The van der Waals surface area contributed by atoms with Gasteiger partial charge in [-0.25, -0.2) is 13.6 Å². The number of methoxy groups -OCH3 is 3. The molecule has 1 aromatic carbocycles. The molecule has 0 radical (unpaired) electrons. The van der Waals surface area contributed by atoms with Gasteiger partial charge in [-0.2, -0.15) is 0 Å². The maximum Gasteiger partial charge on any atom is 0.408 e. The molecule has 1 heterocycles. The first-order valence-corrected chi connectivity index (χ1v) is 6.04. The molecule has 0 unspecified atom stereocenters. The van der Waals surface area contributed by atoms with E-state index in [1.54, 1.807) is 0 Å². The summed E-state index contributed by atoms with van der Waals surface area (Å²) in [7, 11) is 4.16. The van der Waals surface area contributed by atoms with Gasteiger partial charge in [-0.1, -0.05) is 0 Å². The van der Waals surface area contributed by atoms with Crippen LogP contribution >= 0.6 is 0 Å². The molecular formula is C13H15F2NO5. The number of rotatable bonds is 4. The number of hydrogen-bond donors (Lipinski definition) is 1. The SMILES string of the molecule is COc1cc([C@H]2NC(=O)OCC2(F)F)cc(OC)c1OC. The van der Waals surface area contributed by atoms with E-state index in [-0.39, 0.29) is 22.8 Å². The highest BCUT2D eigenvalue weighted by Gasteiger charge is 2.47. The first kappa shape index (κ1) is 15.1. The van der Waals surface area contributed by atoms with Gasteiger partial charge in [0.25, 0.3) is 0 Å². The molecule has 2 rings (SSSR count). The van der Waals surface area contributed by atoms with Gasteiger partial charge in [0, 0.05) is 0 Å². The molecule has 116 valence electrons. The van der Waals surface area contributed by atoms with E-state index < -0.39 is 24.7 Å². The number of carbonyl (C=O) groups is 1. The second kappa shape index (κ2) is 5.63. The van der Waals surface area contributed by atoms with Crippen molar-refractivity contribution in [2.45, 2.75) is 12.0 Å². The van der Waals surface area contributed by atoms with Crippen molar-refractivity contribution in [3.05, 3.63) is 17.7 Å². The molecule has 1 atom stereocenters. The maximum absolute atomic E-state index is 13.9. The van der Waals surface area contributed by atoms with E-state index in [0.29, 0.717) is 0 Å². The Hall–Kier alpha value is -2.25. The normalized spacial score (nSPS) is 20.2. The quantitative estimate of drug-likeness (QED) is 0.923. The third kappa shape index (κ3) is 2.79. The maximum atomic E-state index is 13.9. The highest BCUT2D eigenvalue weighted by atomic mass is 19.3. The molecular weight excluding hydrogens is 288 g/mol. The monoisotopic (exact) mass is 303 g/mol. The molecule has 1 aliphatic rings. The van der Waals surface area contributed by atoms with Crippen LogP contribution in [0.5, 0.6) is 17.2 Å². The first-order chi connectivity index (χ1) is 9.92. The minimum Gasteiger partial charge on any atom is -0.493 e. The Morgan fingerprint density at radius 1 is 1.19 bits per heavy atom. The van der Waals surface area contributed by atoms with Gasteiger partial charge in [-0.3, -0.25) is 0 Å². The van der Waals surface area contributed by atoms with Crippen molar-refractivity contribution in [2.75, 3.05) is 27.9 Å². The fourth-order valence-electron chi connectivity index (χ4n) is 2.11. The zero-order valence-electron chi connectivity index (χ0n) is 11.7. The molecule has 0 spiro atoms. The van der Waals surface area contributed by atoms with Crippen molar-refractivity contribution in [1.29, 1.82) is 0 Å². The number of cyclic esters (lactones) is 1. The molecule has 1 saturated heterocycles. The van der Waals surface area contributed by atoms with Crippen molar-refractivity contribution in [1.82, 2.24) is 5.32 Å². The molecule has 0 aromatic heterocycles. The number of benzene rings is 1. The van der Waals surface area contributed by atoms with Gasteiger partial charge in [0.2, 0.25) is 5.75 Å². The van der Waals surface area contributed by atoms with Gasteiger partial charge in [-0.15, -0.1) is 0 Å². The molecule has 0 saturated carbocycles. The van der Waals surface area contributed by atoms with Crippen LogP contribution in [0.2, 0.25) is 0 Å². The standard InChI is InChI=1S/C13H15F2NO5/c1-18-8-4-7(5-9(19-2)10(8)20-3)11-13(14,15)6-21-12(17)16-11/h4-5,11H,6H2,1-3H3,(H,16,17)/t11-/m1/s1. The zero-order chi connectivity index (χ0) is 15.6. The summed E-state index contributed by atoms with van der Waals surface area (Å²) in [6.07, 6.45) is -0.903. The summed E-state index contributed by atoms with van der Waals surface area (Å²) in [6, 6.07) is 1.20. The van der Waals surface area contributed by atoms with Crippen LogP contribution in [0.1, 0.15) is 11.6 Å². The molecule has 1 fully saturated rings. The molecule has 1 aliphatic heterocycles. The third-order valence-corrected chi connectivity index (χ3v) is 3.10. The summed E-state index contributed by atoms with van der Waals surface area (Å²) in [6.45, 7) is -0.986. The lowest BCUT2D eigenvalue weighted by atomic mass is 9.99. The Morgan fingerprint density at radius 2 is 1.76 bits per heavy atom. The smallest absolute Gasteiger partial charge is 0.408 e. The van der Waals surface area contributed by atoms with E-state index in [4.69, 9.17) is 14.2 Å². The first-order valence-electron chi connectivity index (χ1n) is 6.04. The second-order valence-electron chi connectivity index (χ2n) is 4.37. The van der Waals surface area contributed by atoms with E-state index in [2.05, 4.69) is 10.1 Å². The summed E-state index contributed by atoms with van der Waals surface area (Å²) in [5, 5.41) is 2.10. The largest absolute Gasteiger partial charge is 0.493 e. The van der Waals surface area contributed by atoms with E-state index in [1.807, 2.05) is 0 Å². The summed E-state index contributed by atoms with van der Waals surface area (Å²) in [4.78, 5) is 11.2. The van der Waals surface area contributed by atoms with E-state index in [1.165, 1.54) is 33.5 Å². The van der Waals surface area contributed by atoms with Gasteiger partial charge in [0.15, 0.2) is 18.1 Å². The molecule has 0 aliphatic carbocycles. The van der Waals surface area contributed by atoms with Crippen LogP contribution in [-0.4, -0.2) is 40.0 Å². The Morgan fingerprint density at radius 3 is 2.24 bits per heavy atom. The van der Waals surface area contributed by atoms with Crippen LogP contribution in [0.3, 0.4) is 0 Å². The van der Waals surface area contributed by atoms with Gasteiger partial charge in [0.05, 0.1) is 21.3 Å². The summed E-state index contributed by atoms with van der Waals surface area (Å²) >= 11 is 0. The van der Waals surface area contributed by atoms with Crippen molar-refractivity contribution >= 4 is 6.09 Å². The van der Waals surface area contributed by atoms with Gasteiger partial charge < -0.3 is 24.3 Å². The Kier molecular flexibility index (Phi) is 4.06. The number of nitrogens with one attached hydrogen (secondary N) is 1. The Labute approximate surface area is 119 Å². The minimum atomic E-state index is -3.25. The summed E-state index contributed by atoms with van der Waals surface area (Å²) in [5.41, 5.74) is 0.131. The molecule has 1 aromatic rings. The highest BCUT2D eigenvalue weighted by molar-refractivity contribution is 5.69. The van der Waals surface area contributed by atoms with Crippen LogP contribution in [-0.2, 0) is 4.74 Å². The van der Waals surface area contributed by atoms with Crippen molar-refractivity contribution in [2.24, 2.45) is 0 Å².